The molecule has 1 amide bonds. The summed E-state index contributed by atoms with van der Waals surface area (Å²) >= 11 is 0. The number of rotatable bonds is 4. The highest BCUT2D eigenvalue weighted by molar-refractivity contribution is 7.89. The number of nitrogens with zero attached hydrogens (tertiary/aromatic N) is 1. The predicted molar refractivity (Wildman–Crippen MR) is 105 cm³/mol. The summed E-state index contributed by atoms with van der Waals surface area (Å²) in [5, 5.41) is 0. The van der Waals surface area contributed by atoms with E-state index in [1.165, 1.54) is 0 Å². The number of hydrogen-bond donors (Lipinski definition) is 1. The minimum atomic E-state index is -3.59. The molecule has 146 valence electrons. The average Bonchev–Trinajstić information content (AvgIpc) is 2.54. The summed E-state index contributed by atoms with van der Waals surface area (Å²) in [7, 11) is -3.59. The Morgan fingerprint density at radius 3 is 2.50 bits per heavy atom. The first-order chi connectivity index (χ1) is 11.9. The summed E-state index contributed by atoms with van der Waals surface area (Å²) < 4.78 is 28.7. The number of sulfonamides is 1. The summed E-state index contributed by atoms with van der Waals surface area (Å²) in [4.78, 5) is 13.7. The van der Waals surface area contributed by atoms with E-state index in [9.17, 15) is 13.2 Å². The van der Waals surface area contributed by atoms with Gasteiger partial charge in [-0.25, -0.2) is 13.1 Å². The van der Waals surface area contributed by atoms with Crippen molar-refractivity contribution in [3.05, 3.63) is 28.8 Å². The lowest BCUT2D eigenvalue weighted by Gasteiger charge is -2.32. The first kappa shape index (κ1) is 20.9. The maximum Gasteiger partial charge on any atom is 0.240 e. The number of likely N-dealkylation sites (tertiary alicyclic amines) is 1. The van der Waals surface area contributed by atoms with Crippen molar-refractivity contribution in [1.82, 2.24) is 9.62 Å². The normalized spacial score (nSPS) is 18.8. The molecule has 0 bridgehead atoms. The van der Waals surface area contributed by atoms with Gasteiger partial charge in [0, 0.05) is 26.6 Å². The highest BCUT2D eigenvalue weighted by Gasteiger charge is 2.26. The molecule has 0 spiro atoms. The Hall–Kier alpha value is -1.40. The van der Waals surface area contributed by atoms with E-state index in [1.54, 1.807) is 17.9 Å². The van der Waals surface area contributed by atoms with Gasteiger partial charge in [0.05, 0.1) is 4.90 Å². The Morgan fingerprint density at radius 1 is 1.27 bits per heavy atom. The Kier molecular flexibility index (Phi) is 6.18. The van der Waals surface area contributed by atoms with Gasteiger partial charge >= 0.3 is 0 Å². The highest BCUT2D eigenvalue weighted by Crippen LogP contribution is 2.29. The zero-order chi connectivity index (χ0) is 19.7. The summed E-state index contributed by atoms with van der Waals surface area (Å²) in [6, 6.07) is 3.87. The first-order valence-corrected chi connectivity index (χ1v) is 10.8. The fraction of sp³-hybridized carbons (Fsp3) is 0.650. The van der Waals surface area contributed by atoms with Crippen molar-refractivity contribution in [2.75, 3.05) is 19.6 Å². The second-order valence-electron chi connectivity index (χ2n) is 8.49. The van der Waals surface area contributed by atoms with Crippen LogP contribution in [0, 0.1) is 19.8 Å². The highest BCUT2D eigenvalue weighted by atomic mass is 32.2. The zero-order valence-corrected chi connectivity index (χ0v) is 17.7. The molecule has 1 aromatic carbocycles. The van der Waals surface area contributed by atoms with Gasteiger partial charge < -0.3 is 4.90 Å². The largest absolute Gasteiger partial charge is 0.343 e. The van der Waals surface area contributed by atoms with Crippen LogP contribution in [0.3, 0.4) is 0 Å². The van der Waals surface area contributed by atoms with Crippen molar-refractivity contribution in [2.24, 2.45) is 5.92 Å². The van der Waals surface area contributed by atoms with Crippen molar-refractivity contribution in [1.29, 1.82) is 0 Å². The molecule has 0 aromatic heterocycles. The molecule has 0 saturated carbocycles. The zero-order valence-electron chi connectivity index (χ0n) is 16.8. The number of hydrogen-bond acceptors (Lipinski definition) is 3. The molecule has 1 aliphatic heterocycles. The van der Waals surface area contributed by atoms with Crippen LogP contribution in [-0.2, 0) is 20.2 Å². The Bertz CT molecular complexity index is 779. The molecule has 1 aliphatic rings. The van der Waals surface area contributed by atoms with Gasteiger partial charge in [-0.15, -0.1) is 0 Å². The smallest absolute Gasteiger partial charge is 0.240 e. The van der Waals surface area contributed by atoms with Crippen LogP contribution >= 0.6 is 0 Å². The molecule has 5 nitrogen and oxygen atoms in total. The molecular weight excluding hydrogens is 348 g/mol. The minimum Gasteiger partial charge on any atom is -0.343 e. The molecule has 1 saturated heterocycles. The Balaban J connectivity index is 2.20. The number of piperidine rings is 1. The third-order valence-corrected chi connectivity index (χ3v) is 6.85. The van der Waals surface area contributed by atoms with Crippen molar-refractivity contribution in [2.45, 2.75) is 64.7 Å². The molecule has 1 atom stereocenters. The molecule has 1 N–H and O–H groups in total. The van der Waals surface area contributed by atoms with Crippen LogP contribution in [0.2, 0.25) is 0 Å². The number of carbonyl (C=O) groups excluding carboxylic acids is 1. The Morgan fingerprint density at radius 2 is 1.92 bits per heavy atom. The van der Waals surface area contributed by atoms with Crippen LogP contribution in [0.4, 0.5) is 0 Å². The van der Waals surface area contributed by atoms with Crippen LogP contribution in [0.15, 0.2) is 17.0 Å². The predicted octanol–water partition coefficient (Wildman–Crippen LogP) is 3.14. The third-order valence-electron chi connectivity index (χ3n) is 5.30. The topological polar surface area (TPSA) is 66.5 Å². The maximum atomic E-state index is 13.0. The van der Waals surface area contributed by atoms with E-state index in [1.807, 2.05) is 13.8 Å². The molecule has 26 heavy (non-hydrogen) atoms. The first-order valence-electron chi connectivity index (χ1n) is 9.28. The summed E-state index contributed by atoms with van der Waals surface area (Å²) in [6.45, 7) is 13.4. The molecular formula is C20H32N2O3S. The number of aryl methyl sites for hydroxylation is 1. The lowest BCUT2D eigenvalue weighted by atomic mass is 9.85. The van der Waals surface area contributed by atoms with Crippen molar-refractivity contribution in [3.8, 4) is 0 Å². The van der Waals surface area contributed by atoms with Gasteiger partial charge in [-0.3, -0.25) is 4.79 Å². The van der Waals surface area contributed by atoms with Gasteiger partial charge in [-0.2, -0.15) is 0 Å². The van der Waals surface area contributed by atoms with Crippen LogP contribution in [-0.4, -0.2) is 38.9 Å². The van der Waals surface area contributed by atoms with Gasteiger partial charge in [0.15, 0.2) is 0 Å². The molecule has 0 radical (unpaired) electrons. The maximum absolute atomic E-state index is 13.0. The standard InChI is InChI=1S/C20H32N2O3S/c1-14-10-18(20(4,5)6)11-19(15(14)2)26(24,25)21-12-17-8-7-9-22(13-17)16(3)23/h10-11,17,21H,7-9,12-13H2,1-6H3. The van der Waals surface area contributed by atoms with E-state index in [-0.39, 0.29) is 17.2 Å². The van der Waals surface area contributed by atoms with Gasteiger partial charge in [-0.05, 0) is 60.8 Å². The molecule has 1 fully saturated rings. The van der Waals surface area contributed by atoms with Crippen LogP contribution in [0.25, 0.3) is 0 Å². The molecule has 1 aromatic rings. The lowest BCUT2D eigenvalue weighted by Crippen LogP contribution is -2.42. The van der Waals surface area contributed by atoms with E-state index >= 15 is 0 Å². The second-order valence-corrected chi connectivity index (χ2v) is 10.2. The van der Waals surface area contributed by atoms with E-state index in [0.717, 1.165) is 36.1 Å². The average molecular weight is 381 g/mol. The molecule has 1 heterocycles. The molecule has 1 unspecified atom stereocenters. The summed E-state index contributed by atoms with van der Waals surface area (Å²) in [6.07, 6.45) is 1.86. The van der Waals surface area contributed by atoms with Gasteiger partial charge in [0.2, 0.25) is 15.9 Å². The van der Waals surface area contributed by atoms with Crippen LogP contribution < -0.4 is 4.72 Å². The van der Waals surface area contributed by atoms with E-state index in [4.69, 9.17) is 0 Å². The summed E-state index contributed by atoms with van der Waals surface area (Å²) in [5.41, 5.74) is 2.67. The number of carbonyl (C=O) groups is 1. The van der Waals surface area contributed by atoms with Crippen molar-refractivity contribution >= 4 is 15.9 Å². The fourth-order valence-electron chi connectivity index (χ4n) is 3.36. The minimum absolute atomic E-state index is 0.0573. The Labute approximate surface area is 158 Å². The lowest BCUT2D eigenvalue weighted by molar-refractivity contribution is -0.130. The second kappa shape index (κ2) is 7.69. The van der Waals surface area contributed by atoms with E-state index in [2.05, 4.69) is 31.6 Å². The molecule has 6 heteroatoms. The van der Waals surface area contributed by atoms with Gasteiger partial charge in [0.1, 0.15) is 0 Å². The van der Waals surface area contributed by atoms with Gasteiger partial charge in [-0.1, -0.05) is 26.8 Å². The third kappa shape index (κ3) is 4.86. The van der Waals surface area contributed by atoms with Crippen molar-refractivity contribution in [3.63, 3.8) is 0 Å². The summed E-state index contributed by atoms with van der Waals surface area (Å²) in [5.74, 6) is 0.219. The molecule has 2 rings (SSSR count). The van der Waals surface area contributed by atoms with E-state index in [0.29, 0.717) is 18.0 Å². The SMILES string of the molecule is CC(=O)N1CCCC(CNS(=O)(=O)c2cc(C(C)(C)C)cc(C)c2C)C1. The van der Waals surface area contributed by atoms with E-state index < -0.39 is 10.0 Å². The van der Waals surface area contributed by atoms with Crippen LogP contribution in [0.1, 0.15) is 57.2 Å². The van der Waals surface area contributed by atoms with Gasteiger partial charge in [0.25, 0.3) is 0 Å². The fourth-order valence-corrected chi connectivity index (χ4v) is 4.82. The number of amides is 1. The number of nitrogens with one attached hydrogen (secondary N) is 1. The van der Waals surface area contributed by atoms with Crippen molar-refractivity contribution < 1.29 is 13.2 Å². The quantitative estimate of drug-likeness (QED) is 0.873. The number of benzene rings is 1. The van der Waals surface area contributed by atoms with Crippen LogP contribution in [0.5, 0.6) is 0 Å². The monoisotopic (exact) mass is 380 g/mol. The molecule has 0 aliphatic carbocycles.